The summed E-state index contributed by atoms with van der Waals surface area (Å²) >= 11 is 0. The summed E-state index contributed by atoms with van der Waals surface area (Å²) in [5.41, 5.74) is -1.97. The molecule has 6 rings (SSSR count). The maximum atomic E-state index is 13.5. The van der Waals surface area contributed by atoms with Crippen molar-refractivity contribution in [3.8, 4) is 6.07 Å². The van der Waals surface area contributed by atoms with Crippen molar-refractivity contribution in [2.24, 2.45) is 46.3 Å². The van der Waals surface area contributed by atoms with E-state index in [0.29, 0.717) is 38.5 Å². The number of carbonyl (C=O) groups is 3. The number of rotatable bonds is 0. The number of nitrogens with zero attached hydrogens (tertiary/aromatic N) is 1. The molecule has 6 aliphatic rings. The van der Waals surface area contributed by atoms with Gasteiger partial charge in [0.1, 0.15) is 17.2 Å². The first-order valence-electron chi connectivity index (χ1n) is 11.2. The summed E-state index contributed by atoms with van der Waals surface area (Å²) in [7, 11) is 0. The molecule has 6 heteroatoms. The molecule has 5 aliphatic carbocycles. The molecule has 1 spiro atoms. The Morgan fingerprint density at radius 2 is 1.97 bits per heavy atom. The summed E-state index contributed by atoms with van der Waals surface area (Å²) in [6, 6.07) is 2.46. The van der Waals surface area contributed by atoms with E-state index in [1.54, 1.807) is 0 Å². The lowest BCUT2D eigenvalue weighted by Gasteiger charge is -2.61. The van der Waals surface area contributed by atoms with Crippen LogP contribution in [-0.4, -0.2) is 34.3 Å². The minimum atomic E-state index is -0.963. The number of Topliss-reactive ketones (excluding diaryl/α,β-unsaturated/α-hetero) is 2. The first kappa shape index (κ1) is 18.1. The lowest BCUT2D eigenvalue weighted by atomic mass is 9.41. The number of hydrogen-bond acceptors (Lipinski definition) is 6. The van der Waals surface area contributed by atoms with Crippen LogP contribution in [0.15, 0.2) is 0 Å². The highest BCUT2D eigenvalue weighted by molar-refractivity contribution is 6.07. The van der Waals surface area contributed by atoms with Crippen LogP contribution in [0.3, 0.4) is 0 Å². The molecule has 1 saturated heterocycles. The summed E-state index contributed by atoms with van der Waals surface area (Å²) in [5.74, 6) is -1.28. The number of aliphatic hydroxyl groups is 1. The quantitative estimate of drug-likeness (QED) is 0.496. The lowest BCUT2D eigenvalue weighted by Crippen LogP contribution is -2.62. The zero-order chi connectivity index (χ0) is 20.3. The molecule has 0 aromatic rings. The Balaban J connectivity index is 1.49. The van der Waals surface area contributed by atoms with E-state index in [9.17, 15) is 24.8 Å². The number of carbonyl (C=O) groups excluding carboxylic acids is 3. The fraction of sp³-hybridized carbons (Fsp3) is 0.826. The van der Waals surface area contributed by atoms with E-state index in [-0.39, 0.29) is 47.1 Å². The predicted molar refractivity (Wildman–Crippen MR) is 98.9 cm³/mol. The second kappa shape index (κ2) is 5.29. The molecule has 154 valence electrons. The van der Waals surface area contributed by atoms with Crippen LogP contribution in [0.4, 0.5) is 0 Å². The monoisotopic (exact) mass is 397 g/mol. The van der Waals surface area contributed by atoms with E-state index in [4.69, 9.17) is 4.74 Å². The number of ether oxygens (including phenoxy) is 1. The molecule has 9 unspecified atom stereocenters. The zero-order valence-corrected chi connectivity index (χ0v) is 16.7. The van der Waals surface area contributed by atoms with Crippen molar-refractivity contribution in [2.75, 3.05) is 0 Å². The van der Waals surface area contributed by atoms with Gasteiger partial charge in [-0.1, -0.05) is 6.92 Å². The fourth-order valence-corrected chi connectivity index (χ4v) is 9.24. The molecular formula is C23H27NO5. The van der Waals surface area contributed by atoms with E-state index in [1.807, 2.05) is 0 Å². The summed E-state index contributed by atoms with van der Waals surface area (Å²) in [6.45, 7) is 2.06. The average Bonchev–Trinajstić information content (AvgIpc) is 3.33. The Labute approximate surface area is 170 Å². The van der Waals surface area contributed by atoms with E-state index in [1.165, 1.54) is 0 Å². The Bertz CT molecular complexity index is 892. The summed E-state index contributed by atoms with van der Waals surface area (Å²) in [5, 5.41) is 21.7. The maximum absolute atomic E-state index is 13.5. The highest BCUT2D eigenvalue weighted by Crippen LogP contribution is 2.74. The van der Waals surface area contributed by atoms with Gasteiger partial charge in [-0.25, -0.2) is 0 Å². The van der Waals surface area contributed by atoms with E-state index in [2.05, 4.69) is 13.0 Å². The van der Waals surface area contributed by atoms with Gasteiger partial charge in [-0.15, -0.1) is 0 Å². The molecule has 10 atom stereocenters. The second-order valence-corrected chi connectivity index (χ2v) is 10.9. The average molecular weight is 397 g/mol. The highest BCUT2D eigenvalue weighted by atomic mass is 16.6. The first-order chi connectivity index (χ1) is 13.8. The Morgan fingerprint density at radius 1 is 1.17 bits per heavy atom. The van der Waals surface area contributed by atoms with E-state index in [0.717, 1.165) is 12.8 Å². The van der Waals surface area contributed by atoms with E-state index < -0.39 is 28.5 Å². The van der Waals surface area contributed by atoms with Crippen molar-refractivity contribution in [1.29, 1.82) is 5.26 Å². The standard InChI is InChI=1S/C23H27NO5/c1-21-5-3-14(25)19-20(28)12(9-22(19,21)10-24)17-11-2-6-23(7-4-16(27)29-23)13(11)8-15(26)18(17)21/h11-13,15,17-19,26H,2-9H2,1H3/t11?,12?,13?,15?,17?,18?,19?,21?,22?,23-/m1/s1. The molecule has 0 radical (unpaired) electrons. The normalized spacial score (nSPS) is 57.4. The van der Waals surface area contributed by atoms with Crippen molar-refractivity contribution < 1.29 is 24.2 Å². The SMILES string of the molecule is CC12CCC(=O)C3C(=O)C(CC31C#N)C1C3CC[C@@]4(CCC(=O)O4)C3CC(O)C12. The van der Waals surface area contributed by atoms with Crippen LogP contribution in [0.2, 0.25) is 0 Å². The molecule has 2 bridgehead atoms. The van der Waals surface area contributed by atoms with Crippen molar-refractivity contribution in [3.05, 3.63) is 0 Å². The molecule has 6 fully saturated rings. The second-order valence-electron chi connectivity index (χ2n) is 10.9. The third-order valence-electron chi connectivity index (χ3n) is 10.3. The van der Waals surface area contributed by atoms with Crippen molar-refractivity contribution in [3.63, 3.8) is 0 Å². The number of esters is 1. The van der Waals surface area contributed by atoms with Crippen LogP contribution in [0.5, 0.6) is 0 Å². The maximum Gasteiger partial charge on any atom is 0.306 e. The zero-order valence-electron chi connectivity index (χ0n) is 16.7. The number of fused-ring (bicyclic) bond motifs is 7. The van der Waals surface area contributed by atoms with Crippen LogP contribution < -0.4 is 0 Å². The smallest absolute Gasteiger partial charge is 0.306 e. The molecule has 0 aromatic carbocycles. The fourth-order valence-electron chi connectivity index (χ4n) is 9.24. The number of nitriles is 1. The van der Waals surface area contributed by atoms with Gasteiger partial charge in [-0.05, 0) is 61.7 Å². The van der Waals surface area contributed by atoms with Crippen LogP contribution in [-0.2, 0) is 19.1 Å². The number of aliphatic hydroxyl groups excluding tert-OH is 1. The van der Waals surface area contributed by atoms with Gasteiger partial charge in [0.25, 0.3) is 0 Å². The van der Waals surface area contributed by atoms with Gasteiger partial charge >= 0.3 is 5.97 Å². The van der Waals surface area contributed by atoms with Gasteiger partial charge < -0.3 is 9.84 Å². The lowest BCUT2D eigenvalue weighted by molar-refractivity contribution is -0.189. The highest BCUT2D eigenvalue weighted by Gasteiger charge is 2.77. The van der Waals surface area contributed by atoms with Crippen molar-refractivity contribution >= 4 is 17.5 Å². The van der Waals surface area contributed by atoms with Gasteiger partial charge in [0, 0.05) is 24.7 Å². The Kier molecular flexibility index (Phi) is 3.30. The van der Waals surface area contributed by atoms with Gasteiger partial charge in [-0.2, -0.15) is 5.26 Å². The third kappa shape index (κ3) is 1.82. The van der Waals surface area contributed by atoms with Crippen molar-refractivity contribution in [1.82, 2.24) is 0 Å². The molecule has 5 saturated carbocycles. The Morgan fingerprint density at radius 3 is 2.66 bits per heavy atom. The Hall–Kier alpha value is -1.74. The number of ketones is 2. The minimum absolute atomic E-state index is 0.0164. The van der Waals surface area contributed by atoms with Gasteiger partial charge in [0.15, 0.2) is 0 Å². The van der Waals surface area contributed by atoms with Gasteiger partial charge in [0.05, 0.1) is 23.5 Å². The van der Waals surface area contributed by atoms with Gasteiger partial charge in [-0.3, -0.25) is 14.4 Å². The summed E-state index contributed by atoms with van der Waals surface area (Å²) in [4.78, 5) is 38.2. The molecule has 1 aliphatic heterocycles. The molecular weight excluding hydrogens is 370 g/mol. The van der Waals surface area contributed by atoms with Crippen LogP contribution in [0, 0.1) is 57.7 Å². The molecule has 0 aromatic heterocycles. The molecule has 0 amide bonds. The van der Waals surface area contributed by atoms with Crippen molar-refractivity contribution in [2.45, 2.75) is 70.0 Å². The molecule has 6 nitrogen and oxygen atoms in total. The van der Waals surface area contributed by atoms with E-state index >= 15 is 0 Å². The first-order valence-corrected chi connectivity index (χ1v) is 11.2. The summed E-state index contributed by atoms with van der Waals surface area (Å²) < 4.78 is 5.84. The molecule has 1 heterocycles. The largest absolute Gasteiger partial charge is 0.459 e. The third-order valence-corrected chi connectivity index (χ3v) is 10.3. The van der Waals surface area contributed by atoms with Crippen LogP contribution in [0.1, 0.15) is 58.3 Å². The molecule has 1 N–H and O–H groups in total. The molecule has 29 heavy (non-hydrogen) atoms. The predicted octanol–water partition coefficient (Wildman–Crippen LogP) is 2.18. The minimum Gasteiger partial charge on any atom is -0.459 e. The topological polar surface area (TPSA) is 104 Å². The number of hydrogen-bond donors (Lipinski definition) is 1. The van der Waals surface area contributed by atoms with Gasteiger partial charge in [0.2, 0.25) is 0 Å². The summed E-state index contributed by atoms with van der Waals surface area (Å²) in [6.07, 6.45) is 4.13. The van der Waals surface area contributed by atoms with Crippen LogP contribution >= 0.6 is 0 Å². The van der Waals surface area contributed by atoms with Crippen LogP contribution in [0.25, 0.3) is 0 Å².